The molecule has 1 aromatic carbocycles. The monoisotopic (exact) mass is 285 g/mol. The van der Waals surface area contributed by atoms with Crippen molar-refractivity contribution >= 4 is 17.2 Å². The summed E-state index contributed by atoms with van der Waals surface area (Å²) < 4.78 is 1.99. The van der Waals surface area contributed by atoms with Crippen molar-refractivity contribution in [1.82, 2.24) is 14.6 Å². The van der Waals surface area contributed by atoms with Crippen LogP contribution in [0.3, 0.4) is 0 Å². The third-order valence-corrected chi connectivity index (χ3v) is 3.59. The number of hydrogen-bond acceptors (Lipinski definition) is 2. The van der Waals surface area contributed by atoms with Gasteiger partial charge in [-0.2, -0.15) is 0 Å². The van der Waals surface area contributed by atoms with Gasteiger partial charge in [0.25, 0.3) is 0 Å². The van der Waals surface area contributed by atoms with Crippen LogP contribution >= 0.6 is 11.6 Å². The lowest BCUT2D eigenvalue weighted by molar-refractivity contribution is 0.794. The molecule has 0 saturated heterocycles. The first-order valence-electron chi connectivity index (χ1n) is 6.88. The van der Waals surface area contributed by atoms with Crippen molar-refractivity contribution in [2.45, 2.75) is 26.2 Å². The van der Waals surface area contributed by atoms with Crippen LogP contribution in [0, 0.1) is 0 Å². The van der Waals surface area contributed by atoms with E-state index in [2.05, 4.69) is 17.1 Å². The lowest BCUT2D eigenvalue weighted by Crippen LogP contribution is -1.95. The predicted octanol–water partition coefficient (Wildman–Crippen LogP) is 4.39. The summed E-state index contributed by atoms with van der Waals surface area (Å²) in [5.41, 5.74) is 3.11. The highest BCUT2D eigenvalue weighted by molar-refractivity contribution is 6.30. The number of hydrogen-bond donors (Lipinski definition) is 0. The molecule has 0 aliphatic rings. The fourth-order valence-corrected chi connectivity index (χ4v) is 2.59. The third-order valence-electron chi connectivity index (χ3n) is 3.38. The molecule has 0 atom stereocenters. The predicted molar refractivity (Wildman–Crippen MR) is 82.0 cm³/mol. The van der Waals surface area contributed by atoms with E-state index in [0.29, 0.717) is 0 Å². The van der Waals surface area contributed by atoms with Gasteiger partial charge in [-0.1, -0.05) is 55.3 Å². The van der Waals surface area contributed by atoms with Gasteiger partial charge in [-0.05, 0) is 24.5 Å². The van der Waals surface area contributed by atoms with Gasteiger partial charge in [0, 0.05) is 11.8 Å². The van der Waals surface area contributed by atoms with Gasteiger partial charge < -0.3 is 0 Å². The Kier molecular flexibility index (Phi) is 3.70. The average Bonchev–Trinajstić information content (AvgIpc) is 2.89. The molecule has 0 bridgehead atoms. The van der Waals surface area contributed by atoms with Gasteiger partial charge in [-0.3, -0.25) is 4.40 Å². The highest BCUT2D eigenvalue weighted by Crippen LogP contribution is 2.23. The van der Waals surface area contributed by atoms with E-state index in [9.17, 15) is 0 Å². The zero-order valence-electron chi connectivity index (χ0n) is 11.4. The smallest absolute Gasteiger partial charge is 0.168 e. The molecule has 102 valence electrons. The van der Waals surface area contributed by atoms with Crippen molar-refractivity contribution in [2.75, 3.05) is 0 Å². The minimum Gasteiger partial charge on any atom is -0.281 e. The molecule has 0 unspecified atom stereocenters. The van der Waals surface area contributed by atoms with Crippen molar-refractivity contribution in [3.05, 3.63) is 53.2 Å². The first kappa shape index (κ1) is 13.1. The van der Waals surface area contributed by atoms with E-state index < -0.39 is 0 Å². The molecule has 0 spiro atoms. The quantitative estimate of drug-likeness (QED) is 0.711. The first-order valence-corrected chi connectivity index (χ1v) is 7.26. The molecule has 0 aliphatic carbocycles. The highest BCUT2D eigenvalue weighted by Gasteiger charge is 2.12. The van der Waals surface area contributed by atoms with E-state index in [1.165, 1.54) is 0 Å². The molecule has 0 radical (unpaired) electrons. The van der Waals surface area contributed by atoms with Crippen molar-refractivity contribution in [2.24, 2.45) is 0 Å². The second kappa shape index (κ2) is 5.63. The number of fused-ring (bicyclic) bond motifs is 1. The van der Waals surface area contributed by atoms with Crippen LogP contribution in [0.2, 0.25) is 5.02 Å². The van der Waals surface area contributed by atoms with Crippen LogP contribution in [-0.4, -0.2) is 14.6 Å². The van der Waals surface area contributed by atoms with E-state index in [0.717, 1.165) is 46.9 Å². The summed E-state index contributed by atoms with van der Waals surface area (Å²) in [6.07, 6.45) is 5.14. The number of aryl methyl sites for hydroxylation is 1. The number of nitrogens with zero attached hydrogens (tertiary/aromatic N) is 3. The average molecular weight is 286 g/mol. The Hall–Kier alpha value is -1.87. The zero-order valence-corrected chi connectivity index (χ0v) is 12.1. The Labute approximate surface area is 123 Å². The minimum absolute atomic E-state index is 0.723. The van der Waals surface area contributed by atoms with Gasteiger partial charge in [-0.25, -0.2) is 0 Å². The largest absolute Gasteiger partial charge is 0.281 e. The Morgan fingerprint density at radius 3 is 2.70 bits per heavy atom. The van der Waals surface area contributed by atoms with Crippen molar-refractivity contribution < 1.29 is 0 Å². The minimum atomic E-state index is 0.723. The number of aromatic nitrogens is 3. The molecule has 3 rings (SSSR count). The summed E-state index contributed by atoms with van der Waals surface area (Å²) in [6, 6.07) is 12.0. The summed E-state index contributed by atoms with van der Waals surface area (Å²) in [6.45, 7) is 2.18. The molecule has 0 saturated carbocycles. The molecule has 3 aromatic rings. The van der Waals surface area contributed by atoms with Crippen molar-refractivity contribution in [3.8, 4) is 11.4 Å². The zero-order chi connectivity index (χ0) is 13.9. The number of rotatable bonds is 4. The lowest BCUT2D eigenvalue weighted by atomic mass is 10.1. The van der Waals surface area contributed by atoms with Gasteiger partial charge in [0.15, 0.2) is 11.5 Å². The molecule has 0 N–H and O–H groups in total. The Morgan fingerprint density at radius 2 is 1.95 bits per heavy atom. The highest BCUT2D eigenvalue weighted by atomic mass is 35.5. The van der Waals surface area contributed by atoms with Gasteiger partial charge >= 0.3 is 0 Å². The van der Waals surface area contributed by atoms with E-state index in [4.69, 9.17) is 11.6 Å². The molecule has 3 nitrogen and oxygen atoms in total. The maximum absolute atomic E-state index is 6.24. The standard InChI is InChI=1S/C16H16ClN3/c1-2-3-7-13-10-14(17)11-20-15(18-19-16(13)20)12-8-5-4-6-9-12/h4-6,8-11H,2-3,7H2,1H3. The first-order chi connectivity index (χ1) is 9.79. The molecule has 2 aromatic heterocycles. The fourth-order valence-electron chi connectivity index (χ4n) is 2.36. The van der Waals surface area contributed by atoms with Gasteiger partial charge in [0.2, 0.25) is 0 Å². The van der Waals surface area contributed by atoms with E-state index in [1.54, 1.807) is 0 Å². The van der Waals surface area contributed by atoms with Crippen LogP contribution in [0.5, 0.6) is 0 Å². The molecule has 0 amide bonds. The molecule has 4 heteroatoms. The van der Waals surface area contributed by atoms with Crippen LogP contribution in [-0.2, 0) is 6.42 Å². The summed E-state index contributed by atoms with van der Waals surface area (Å²) in [5, 5.41) is 9.40. The molecular formula is C16H16ClN3. The Bertz CT molecular complexity index is 719. The summed E-state index contributed by atoms with van der Waals surface area (Å²) in [7, 11) is 0. The summed E-state index contributed by atoms with van der Waals surface area (Å²) in [5.74, 6) is 0.834. The summed E-state index contributed by atoms with van der Waals surface area (Å²) >= 11 is 6.24. The summed E-state index contributed by atoms with van der Waals surface area (Å²) in [4.78, 5) is 0. The number of halogens is 1. The van der Waals surface area contributed by atoms with Gasteiger partial charge in [0.05, 0.1) is 5.02 Å². The number of unbranched alkanes of at least 4 members (excludes halogenated alkanes) is 1. The van der Waals surface area contributed by atoms with Crippen molar-refractivity contribution in [1.29, 1.82) is 0 Å². The Morgan fingerprint density at radius 1 is 1.15 bits per heavy atom. The van der Waals surface area contributed by atoms with Gasteiger partial charge in [0.1, 0.15) is 0 Å². The number of benzene rings is 1. The molecule has 20 heavy (non-hydrogen) atoms. The molecule has 0 aliphatic heterocycles. The van der Waals surface area contributed by atoms with Crippen LogP contribution in [0.1, 0.15) is 25.3 Å². The van der Waals surface area contributed by atoms with Gasteiger partial charge in [-0.15, -0.1) is 10.2 Å². The van der Waals surface area contributed by atoms with E-state index >= 15 is 0 Å². The van der Waals surface area contributed by atoms with Crippen LogP contribution in [0.4, 0.5) is 0 Å². The second-order valence-electron chi connectivity index (χ2n) is 4.87. The van der Waals surface area contributed by atoms with Crippen LogP contribution in [0.25, 0.3) is 17.0 Å². The van der Waals surface area contributed by atoms with Crippen LogP contribution in [0.15, 0.2) is 42.6 Å². The Balaban J connectivity index is 2.15. The van der Waals surface area contributed by atoms with Crippen molar-refractivity contribution in [3.63, 3.8) is 0 Å². The third kappa shape index (κ3) is 2.41. The molecular weight excluding hydrogens is 270 g/mol. The second-order valence-corrected chi connectivity index (χ2v) is 5.31. The molecule has 0 fully saturated rings. The topological polar surface area (TPSA) is 30.2 Å². The molecule has 2 heterocycles. The maximum atomic E-state index is 6.24. The number of pyridine rings is 1. The van der Waals surface area contributed by atoms with E-state index in [-0.39, 0.29) is 0 Å². The maximum Gasteiger partial charge on any atom is 0.168 e. The van der Waals surface area contributed by atoms with Crippen LogP contribution < -0.4 is 0 Å². The SMILES string of the molecule is CCCCc1cc(Cl)cn2c(-c3ccccc3)nnc12. The lowest BCUT2D eigenvalue weighted by Gasteiger charge is -2.05. The van der Waals surface area contributed by atoms with E-state index in [1.807, 2.05) is 47.0 Å². The normalized spacial score (nSPS) is 11.1. The fraction of sp³-hybridized carbons (Fsp3) is 0.250.